The molecule has 0 unspecified atom stereocenters. The summed E-state index contributed by atoms with van der Waals surface area (Å²) in [6, 6.07) is -0.335. The van der Waals surface area contributed by atoms with Crippen LogP contribution in [0.25, 0.3) is 0 Å². The Morgan fingerprint density at radius 3 is 2.81 bits per heavy atom. The van der Waals surface area contributed by atoms with Gasteiger partial charge in [0.15, 0.2) is 0 Å². The van der Waals surface area contributed by atoms with Crippen molar-refractivity contribution in [3.05, 3.63) is 0 Å². The zero-order chi connectivity index (χ0) is 12.0. The Balaban J connectivity index is 2.35. The number of nitrogens with one attached hydrogen (secondary N) is 1. The highest BCUT2D eigenvalue weighted by Crippen LogP contribution is 2.27. The summed E-state index contributed by atoms with van der Waals surface area (Å²) in [5, 5.41) is 2.76. The third kappa shape index (κ3) is 3.59. The van der Waals surface area contributed by atoms with Crippen LogP contribution in [0.2, 0.25) is 0 Å². The second-order valence-corrected chi connectivity index (χ2v) is 4.25. The molecule has 0 saturated heterocycles. The molecule has 92 valence electrons. The Hall–Kier alpha value is -0.900. The third-order valence-corrected chi connectivity index (χ3v) is 3.09. The molecule has 3 atom stereocenters. The van der Waals surface area contributed by atoms with Crippen LogP contribution in [-0.2, 0) is 14.3 Å². The van der Waals surface area contributed by atoms with E-state index in [9.17, 15) is 9.59 Å². The molecule has 1 saturated carbocycles. The van der Waals surface area contributed by atoms with E-state index in [-0.39, 0.29) is 24.0 Å². The molecule has 1 N–H and O–H groups in total. The molecule has 1 aliphatic rings. The van der Waals surface area contributed by atoms with Crippen LogP contribution in [0.1, 0.15) is 39.5 Å². The minimum atomic E-state index is -0.335. The summed E-state index contributed by atoms with van der Waals surface area (Å²) in [6.07, 6.45) is 4.27. The molecule has 1 fully saturated rings. The normalized spacial score (nSPS) is 26.4. The van der Waals surface area contributed by atoms with E-state index in [0.29, 0.717) is 13.0 Å². The standard InChI is InChI=1S/C12H21NO3/c1-3-10(8-14)13-12(15)9-5-6-11(7-9)16-4-2/h8-11H,3-7H2,1-2H3,(H,13,15)/t9-,10-,11-/m0/s1. The van der Waals surface area contributed by atoms with Gasteiger partial charge in [-0.15, -0.1) is 0 Å². The van der Waals surface area contributed by atoms with Gasteiger partial charge >= 0.3 is 0 Å². The molecular weight excluding hydrogens is 206 g/mol. The molecular formula is C12H21NO3. The maximum absolute atomic E-state index is 11.8. The molecule has 0 aromatic carbocycles. The number of aldehydes is 1. The lowest BCUT2D eigenvalue weighted by Crippen LogP contribution is -2.39. The van der Waals surface area contributed by atoms with Gasteiger partial charge in [-0.3, -0.25) is 4.79 Å². The van der Waals surface area contributed by atoms with Crippen molar-refractivity contribution in [3.63, 3.8) is 0 Å². The fraction of sp³-hybridized carbons (Fsp3) is 0.833. The number of ether oxygens (including phenoxy) is 1. The molecule has 0 radical (unpaired) electrons. The summed E-state index contributed by atoms with van der Waals surface area (Å²) >= 11 is 0. The summed E-state index contributed by atoms with van der Waals surface area (Å²) in [7, 11) is 0. The largest absolute Gasteiger partial charge is 0.378 e. The Morgan fingerprint density at radius 1 is 1.50 bits per heavy atom. The maximum Gasteiger partial charge on any atom is 0.223 e. The minimum absolute atomic E-state index is 0.00107. The summed E-state index contributed by atoms with van der Waals surface area (Å²) in [5.74, 6) is 0.0201. The molecule has 0 bridgehead atoms. The Bertz CT molecular complexity index is 242. The Labute approximate surface area is 96.7 Å². The highest BCUT2D eigenvalue weighted by atomic mass is 16.5. The Morgan fingerprint density at radius 2 is 2.25 bits per heavy atom. The van der Waals surface area contributed by atoms with E-state index in [4.69, 9.17) is 4.74 Å². The maximum atomic E-state index is 11.8. The summed E-state index contributed by atoms with van der Waals surface area (Å²) in [6.45, 7) is 4.55. The van der Waals surface area contributed by atoms with Crippen LogP contribution in [0.15, 0.2) is 0 Å². The highest BCUT2D eigenvalue weighted by Gasteiger charge is 2.30. The van der Waals surface area contributed by atoms with E-state index in [1.165, 1.54) is 0 Å². The highest BCUT2D eigenvalue weighted by molar-refractivity contribution is 5.82. The van der Waals surface area contributed by atoms with Gasteiger partial charge in [-0.1, -0.05) is 6.92 Å². The van der Waals surface area contributed by atoms with Crippen LogP contribution < -0.4 is 5.32 Å². The molecule has 1 rings (SSSR count). The lowest BCUT2D eigenvalue weighted by molar-refractivity contribution is -0.127. The molecule has 1 amide bonds. The number of hydrogen-bond donors (Lipinski definition) is 1. The average molecular weight is 227 g/mol. The van der Waals surface area contributed by atoms with Gasteiger partial charge < -0.3 is 14.8 Å². The van der Waals surface area contributed by atoms with Gasteiger partial charge in [-0.25, -0.2) is 0 Å². The fourth-order valence-electron chi connectivity index (χ4n) is 2.10. The van der Waals surface area contributed by atoms with Crippen molar-refractivity contribution in [3.8, 4) is 0 Å². The number of rotatable bonds is 6. The predicted molar refractivity (Wildman–Crippen MR) is 61.0 cm³/mol. The molecule has 16 heavy (non-hydrogen) atoms. The van der Waals surface area contributed by atoms with Crippen molar-refractivity contribution in [1.29, 1.82) is 0 Å². The van der Waals surface area contributed by atoms with Gasteiger partial charge in [0.25, 0.3) is 0 Å². The second-order valence-electron chi connectivity index (χ2n) is 4.25. The number of hydrogen-bond acceptors (Lipinski definition) is 3. The van der Waals surface area contributed by atoms with Gasteiger partial charge in [0.2, 0.25) is 5.91 Å². The van der Waals surface area contributed by atoms with Gasteiger partial charge in [0.1, 0.15) is 6.29 Å². The van der Waals surface area contributed by atoms with Crippen molar-refractivity contribution >= 4 is 12.2 Å². The molecule has 0 heterocycles. The SMILES string of the molecule is CCO[C@H]1CC[C@H](C(=O)N[C@H](C=O)CC)C1. The predicted octanol–water partition coefficient (Wildman–Crippen LogP) is 1.29. The van der Waals surface area contributed by atoms with E-state index >= 15 is 0 Å². The number of amides is 1. The molecule has 4 heteroatoms. The van der Waals surface area contributed by atoms with E-state index in [0.717, 1.165) is 25.5 Å². The molecule has 0 aromatic heterocycles. The fourth-order valence-corrected chi connectivity index (χ4v) is 2.10. The van der Waals surface area contributed by atoms with Gasteiger partial charge in [-0.05, 0) is 32.6 Å². The summed E-state index contributed by atoms with van der Waals surface area (Å²) in [5.41, 5.74) is 0. The zero-order valence-electron chi connectivity index (χ0n) is 10.1. The van der Waals surface area contributed by atoms with E-state index in [1.54, 1.807) is 0 Å². The van der Waals surface area contributed by atoms with Gasteiger partial charge in [0, 0.05) is 12.5 Å². The number of carbonyl (C=O) groups is 2. The average Bonchev–Trinajstić information content (AvgIpc) is 2.74. The first-order chi connectivity index (χ1) is 7.71. The van der Waals surface area contributed by atoms with Crippen LogP contribution in [0.5, 0.6) is 0 Å². The lowest BCUT2D eigenvalue weighted by atomic mass is 10.1. The van der Waals surface area contributed by atoms with E-state index in [2.05, 4.69) is 5.32 Å². The smallest absolute Gasteiger partial charge is 0.223 e. The van der Waals surface area contributed by atoms with Gasteiger partial charge in [0.05, 0.1) is 12.1 Å². The third-order valence-electron chi connectivity index (χ3n) is 3.09. The van der Waals surface area contributed by atoms with Crippen LogP contribution >= 0.6 is 0 Å². The summed E-state index contributed by atoms with van der Waals surface area (Å²) < 4.78 is 5.49. The van der Waals surface area contributed by atoms with Crippen molar-refractivity contribution in [1.82, 2.24) is 5.32 Å². The topological polar surface area (TPSA) is 55.4 Å². The zero-order valence-corrected chi connectivity index (χ0v) is 10.1. The van der Waals surface area contributed by atoms with Crippen LogP contribution in [0, 0.1) is 5.92 Å². The first-order valence-electron chi connectivity index (χ1n) is 6.08. The van der Waals surface area contributed by atoms with Crippen molar-refractivity contribution in [2.45, 2.75) is 51.7 Å². The lowest BCUT2D eigenvalue weighted by Gasteiger charge is -2.15. The van der Waals surface area contributed by atoms with Crippen LogP contribution in [0.3, 0.4) is 0 Å². The molecule has 0 aromatic rings. The monoisotopic (exact) mass is 227 g/mol. The minimum Gasteiger partial charge on any atom is -0.378 e. The van der Waals surface area contributed by atoms with Crippen molar-refractivity contribution < 1.29 is 14.3 Å². The first-order valence-corrected chi connectivity index (χ1v) is 6.08. The van der Waals surface area contributed by atoms with Crippen LogP contribution in [0.4, 0.5) is 0 Å². The Kier molecular flexibility index (Phi) is 5.46. The second kappa shape index (κ2) is 6.63. The molecule has 4 nitrogen and oxygen atoms in total. The number of carbonyl (C=O) groups excluding carboxylic acids is 2. The quantitative estimate of drug-likeness (QED) is 0.695. The van der Waals surface area contributed by atoms with E-state index in [1.807, 2.05) is 13.8 Å². The van der Waals surface area contributed by atoms with Crippen molar-refractivity contribution in [2.75, 3.05) is 6.61 Å². The van der Waals surface area contributed by atoms with E-state index < -0.39 is 0 Å². The van der Waals surface area contributed by atoms with Crippen molar-refractivity contribution in [2.24, 2.45) is 5.92 Å². The summed E-state index contributed by atoms with van der Waals surface area (Å²) in [4.78, 5) is 22.4. The van der Waals surface area contributed by atoms with Gasteiger partial charge in [-0.2, -0.15) is 0 Å². The molecule has 0 spiro atoms. The van der Waals surface area contributed by atoms with Crippen LogP contribution in [-0.4, -0.2) is 30.9 Å². The first kappa shape index (κ1) is 13.2. The molecule has 1 aliphatic carbocycles. The molecule has 0 aliphatic heterocycles.